The van der Waals surface area contributed by atoms with E-state index in [1.165, 1.54) is 0 Å². The zero-order valence-electron chi connectivity index (χ0n) is 6.78. The molecular weight excluding hydrogens is 160 g/mol. The van der Waals surface area contributed by atoms with Gasteiger partial charge in [0.2, 0.25) is 0 Å². The summed E-state index contributed by atoms with van der Waals surface area (Å²) in [5.41, 5.74) is 0. The zero-order chi connectivity index (χ0) is 8.97. The lowest BCUT2D eigenvalue weighted by atomic mass is 10.0. The highest BCUT2D eigenvalue weighted by Crippen LogP contribution is 2.17. The number of carbonyl (C=O) groups is 2. The third kappa shape index (κ3) is 2.90. The van der Waals surface area contributed by atoms with Crippen molar-refractivity contribution in [1.29, 1.82) is 0 Å². The molecule has 1 saturated heterocycles. The van der Waals surface area contributed by atoms with Gasteiger partial charge in [-0.1, -0.05) is 0 Å². The molecule has 1 atom stereocenters. The SMILES string of the molecule is O=C(O)CCC1CCCC(=O)O1. The number of carbonyl (C=O) groups excluding carboxylic acids is 1. The molecule has 0 aliphatic carbocycles. The van der Waals surface area contributed by atoms with Crippen molar-refractivity contribution in [1.82, 2.24) is 0 Å². The van der Waals surface area contributed by atoms with Crippen molar-refractivity contribution in [3.63, 3.8) is 0 Å². The Morgan fingerprint density at radius 3 is 3.00 bits per heavy atom. The van der Waals surface area contributed by atoms with E-state index in [1.807, 2.05) is 0 Å². The monoisotopic (exact) mass is 172 g/mol. The van der Waals surface area contributed by atoms with Crippen LogP contribution in [0, 0.1) is 0 Å². The maximum atomic E-state index is 10.7. The van der Waals surface area contributed by atoms with Crippen LogP contribution in [-0.4, -0.2) is 23.1 Å². The molecule has 1 heterocycles. The van der Waals surface area contributed by atoms with Crippen molar-refractivity contribution in [3.05, 3.63) is 0 Å². The Bertz CT molecular complexity index is 187. The average Bonchev–Trinajstić information content (AvgIpc) is 2.01. The van der Waals surface area contributed by atoms with Gasteiger partial charge >= 0.3 is 11.9 Å². The average molecular weight is 172 g/mol. The highest BCUT2D eigenvalue weighted by atomic mass is 16.5. The molecule has 1 aliphatic heterocycles. The van der Waals surface area contributed by atoms with Gasteiger partial charge in [0.15, 0.2) is 0 Å². The second-order valence-corrected chi connectivity index (χ2v) is 2.94. The highest BCUT2D eigenvalue weighted by molar-refractivity contribution is 5.70. The number of carboxylic acid groups (broad SMARTS) is 1. The van der Waals surface area contributed by atoms with Gasteiger partial charge in [-0.2, -0.15) is 0 Å². The summed E-state index contributed by atoms with van der Waals surface area (Å²) < 4.78 is 4.93. The van der Waals surface area contributed by atoms with Gasteiger partial charge in [-0.3, -0.25) is 9.59 Å². The second-order valence-electron chi connectivity index (χ2n) is 2.94. The Morgan fingerprint density at radius 1 is 1.67 bits per heavy atom. The van der Waals surface area contributed by atoms with Gasteiger partial charge in [0.25, 0.3) is 0 Å². The molecule has 1 N–H and O–H groups in total. The van der Waals surface area contributed by atoms with E-state index in [2.05, 4.69) is 0 Å². The number of hydrogen-bond acceptors (Lipinski definition) is 3. The van der Waals surface area contributed by atoms with Crippen molar-refractivity contribution in [2.24, 2.45) is 0 Å². The molecule has 0 spiro atoms. The number of ether oxygens (including phenoxy) is 1. The Labute approximate surface area is 70.5 Å². The van der Waals surface area contributed by atoms with Crippen LogP contribution in [-0.2, 0) is 14.3 Å². The maximum Gasteiger partial charge on any atom is 0.306 e. The molecule has 4 nitrogen and oxygen atoms in total. The Morgan fingerprint density at radius 2 is 2.42 bits per heavy atom. The maximum absolute atomic E-state index is 10.7. The fourth-order valence-corrected chi connectivity index (χ4v) is 1.27. The smallest absolute Gasteiger partial charge is 0.306 e. The molecular formula is C8H12O4. The van der Waals surface area contributed by atoms with E-state index in [0.717, 1.165) is 12.8 Å². The van der Waals surface area contributed by atoms with E-state index >= 15 is 0 Å². The first kappa shape index (κ1) is 9.03. The summed E-state index contributed by atoms with van der Waals surface area (Å²) in [4.78, 5) is 20.9. The largest absolute Gasteiger partial charge is 0.481 e. The Kier molecular flexibility index (Phi) is 3.08. The third-order valence-electron chi connectivity index (χ3n) is 1.89. The van der Waals surface area contributed by atoms with Crippen LogP contribution in [0.3, 0.4) is 0 Å². The fraction of sp³-hybridized carbons (Fsp3) is 0.750. The number of aliphatic carboxylic acids is 1. The van der Waals surface area contributed by atoms with Crippen molar-refractivity contribution >= 4 is 11.9 Å². The van der Waals surface area contributed by atoms with Gasteiger partial charge in [0, 0.05) is 12.8 Å². The van der Waals surface area contributed by atoms with Crippen LogP contribution < -0.4 is 0 Å². The molecule has 0 bridgehead atoms. The second kappa shape index (κ2) is 4.09. The third-order valence-corrected chi connectivity index (χ3v) is 1.89. The highest BCUT2D eigenvalue weighted by Gasteiger charge is 2.20. The van der Waals surface area contributed by atoms with Crippen LogP contribution in [0.1, 0.15) is 32.1 Å². The lowest BCUT2D eigenvalue weighted by Crippen LogP contribution is -2.24. The van der Waals surface area contributed by atoms with Gasteiger partial charge in [-0.25, -0.2) is 0 Å². The molecule has 0 aromatic rings. The molecule has 1 unspecified atom stereocenters. The van der Waals surface area contributed by atoms with Crippen LogP contribution in [0.5, 0.6) is 0 Å². The number of carboxylic acids is 1. The molecule has 0 saturated carbocycles. The Balaban J connectivity index is 2.23. The summed E-state index contributed by atoms with van der Waals surface area (Å²) in [6.45, 7) is 0. The van der Waals surface area contributed by atoms with Crippen LogP contribution >= 0.6 is 0 Å². The molecule has 12 heavy (non-hydrogen) atoms. The summed E-state index contributed by atoms with van der Waals surface area (Å²) in [6.07, 6.45) is 2.47. The number of rotatable bonds is 3. The fourth-order valence-electron chi connectivity index (χ4n) is 1.27. The molecule has 0 aromatic heterocycles. The van der Waals surface area contributed by atoms with Gasteiger partial charge in [-0.15, -0.1) is 0 Å². The lowest BCUT2D eigenvalue weighted by Gasteiger charge is -2.21. The van der Waals surface area contributed by atoms with E-state index in [-0.39, 0.29) is 18.5 Å². The molecule has 1 rings (SSSR count). The standard InChI is InChI=1S/C8H12O4/c9-7(10)5-4-6-2-1-3-8(11)12-6/h6H,1-5H2,(H,9,10). The van der Waals surface area contributed by atoms with Gasteiger partial charge in [0.05, 0.1) is 0 Å². The predicted octanol–water partition coefficient (Wildman–Crippen LogP) is 0.947. The van der Waals surface area contributed by atoms with E-state index < -0.39 is 5.97 Å². The molecule has 4 heteroatoms. The van der Waals surface area contributed by atoms with Crippen LogP contribution in [0.4, 0.5) is 0 Å². The van der Waals surface area contributed by atoms with Crippen molar-refractivity contribution in [3.8, 4) is 0 Å². The van der Waals surface area contributed by atoms with Gasteiger partial charge in [-0.05, 0) is 19.3 Å². The summed E-state index contributed by atoms with van der Waals surface area (Å²) >= 11 is 0. The number of cyclic esters (lactones) is 1. The van der Waals surface area contributed by atoms with E-state index in [1.54, 1.807) is 0 Å². The minimum Gasteiger partial charge on any atom is -0.481 e. The summed E-state index contributed by atoms with van der Waals surface area (Å²) in [5, 5.41) is 8.37. The minimum absolute atomic E-state index is 0.0813. The molecule has 0 radical (unpaired) electrons. The molecule has 68 valence electrons. The lowest BCUT2D eigenvalue weighted by molar-refractivity contribution is -0.155. The molecule has 0 amide bonds. The molecule has 1 aliphatic rings. The Hall–Kier alpha value is -1.06. The summed E-state index contributed by atoms with van der Waals surface area (Å²) in [6, 6.07) is 0. The zero-order valence-corrected chi connectivity index (χ0v) is 6.78. The first-order chi connectivity index (χ1) is 5.68. The van der Waals surface area contributed by atoms with Crippen molar-refractivity contribution < 1.29 is 19.4 Å². The van der Waals surface area contributed by atoms with E-state index in [9.17, 15) is 9.59 Å². The van der Waals surface area contributed by atoms with Crippen LogP contribution in [0.2, 0.25) is 0 Å². The van der Waals surface area contributed by atoms with E-state index in [0.29, 0.717) is 12.8 Å². The molecule has 0 aromatic carbocycles. The topological polar surface area (TPSA) is 63.6 Å². The van der Waals surface area contributed by atoms with Crippen LogP contribution in [0.15, 0.2) is 0 Å². The van der Waals surface area contributed by atoms with Crippen molar-refractivity contribution in [2.75, 3.05) is 0 Å². The minimum atomic E-state index is -0.836. The molecule has 1 fully saturated rings. The van der Waals surface area contributed by atoms with E-state index in [4.69, 9.17) is 9.84 Å². The summed E-state index contributed by atoms with van der Waals surface area (Å²) in [7, 11) is 0. The number of esters is 1. The number of hydrogen-bond donors (Lipinski definition) is 1. The van der Waals surface area contributed by atoms with Gasteiger partial charge < -0.3 is 9.84 Å². The normalized spacial score (nSPS) is 23.3. The predicted molar refractivity (Wildman–Crippen MR) is 40.6 cm³/mol. The van der Waals surface area contributed by atoms with Crippen molar-refractivity contribution in [2.45, 2.75) is 38.2 Å². The van der Waals surface area contributed by atoms with Crippen LogP contribution in [0.25, 0.3) is 0 Å². The van der Waals surface area contributed by atoms with Gasteiger partial charge in [0.1, 0.15) is 6.10 Å². The quantitative estimate of drug-likeness (QED) is 0.643. The first-order valence-corrected chi connectivity index (χ1v) is 4.10. The first-order valence-electron chi connectivity index (χ1n) is 4.10. The summed E-state index contributed by atoms with van der Waals surface area (Å²) in [5.74, 6) is -1.03.